The predicted molar refractivity (Wildman–Crippen MR) is 58.3 cm³/mol. The molecule has 0 aliphatic heterocycles. The highest BCUT2D eigenvalue weighted by Crippen LogP contribution is 2.23. The van der Waals surface area contributed by atoms with Crippen LogP contribution in [0.25, 0.3) is 0 Å². The molecule has 2 aromatic carbocycles. The third-order valence-electron chi connectivity index (χ3n) is 2.09. The zero-order chi connectivity index (χ0) is 12.3. The van der Waals surface area contributed by atoms with Crippen LogP contribution < -0.4 is 4.74 Å². The number of carbonyl (C=O) groups is 1. The molecule has 0 radical (unpaired) electrons. The average Bonchev–Trinajstić information content (AvgIpc) is 2.28. The van der Waals surface area contributed by atoms with Gasteiger partial charge in [0, 0.05) is 23.8 Å². The lowest BCUT2D eigenvalue weighted by Crippen LogP contribution is -1.88. The molecule has 0 aliphatic carbocycles. The highest BCUT2D eigenvalue weighted by Gasteiger charge is 2.02. The fraction of sp³-hybridized carbons (Fsp3) is 0. The normalized spacial score (nSPS) is 10.0. The van der Waals surface area contributed by atoms with E-state index in [-0.39, 0.29) is 5.75 Å². The smallest absolute Gasteiger partial charge is 0.150 e. The zero-order valence-corrected chi connectivity index (χ0v) is 8.69. The van der Waals surface area contributed by atoms with Crippen LogP contribution in [0.4, 0.5) is 8.78 Å². The Bertz CT molecular complexity index is 515. The van der Waals surface area contributed by atoms with E-state index in [1.165, 1.54) is 0 Å². The molecule has 2 aromatic rings. The number of ether oxygens (including phenoxy) is 1. The minimum Gasteiger partial charge on any atom is -0.457 e. The van der Waals surface area contributed by atoms with Crippen molar-refractivity contribution in [3.63, 3.8) is 0 Å². The van der Waals surface area contributed by atoms with Crippen LogP contribution >= 0.6 is 0 Å². The molecule has 0 amide bonds. The lowest BCUT2D eigenvalue weighted by molar-refractivity contribution is 0.112. The molecule has 0 saturated heterocycles. The van der Waals surface area contributed by atoms with E-state index in [9.17, 15) is 13.6 Å². The fourth-order valence-corrected chi connectivity index (χ4v) is 1.34. The summed E-state index contributed by atoms with van der Waals surface area (Å²) < 4.78 is 31.0. The lowest BCUT2D eigenvalue weighted by atomic mass is 10.2. The molecule has 0 bridgehead atoms. The molecule has 4 heteroatoms. The van der Waals surface area contributed by atoms with E-state index >= 15 is 0 Å². The molecular formula is C13H8F2O2. The van der Waals surface area contributed by atoms with Crippen molar-refractivity contribution in [3.8, 4) is 11.5 Å². The van der Waals surface area contributed by atoms with E-state index in [4.69, 9.17) is 4.74 Å². The van der Waals surface area contributed by atoms with Crippen LogP contribution in [0.2, 0.25) is 0 Å². The van der Waals surface area contributed by atoms with Crippen molar-refractivity contribution in [3.05, 3.63) is 59.7 Å². The van der Waals surface area contributed by atoms with E-state index in [1.54, 1.807) is 24.3 Å². The predicted octanol–water partition coefficient (Wildman–Crippen LogP) is 3.57. The van der Waals surface area contributed by atoms with Crippen molar-refractivity contribution in [2.45, 2.75) is 0 Å². The van der Waals surface area contributed by atoms with Crippen molar-refractivity contribution in [2.75, 3.05) is 0 Å². The van der Waals surface area contributed by atoms with Crippen LogP contribution in [0, 0.1) is 11.6 Å². The SMILES string of the molecule is O=Cc1ccc(Oc2cc(F)cc(F)c2)cc1. The summed E-state index contributed by atoms with van der Waals surface area (Å²) in [4.78, 5) is 10.4. The van der Waals surface area contributed by atoms with Crippen molar-refractivity contribution < 1.29 is 18.3 Å². The van der Waals surface area contributed by atoms with Gasteiger partial charge in [0.05, 0.1) is 0 Å². The van der Waals surface area contributed by atoms with Gasteiger partial charge in [-0.25, -0.2) is 8.78 Å². The van der Waals surface area contributed by atoms with Gasteiger partial charge in [0.2, 0.25) is 0 Å². The minimum atomic E-state index is -0.704. The monoisotopic (exact) mass is 234 g/mol. The summed E-state index contributed by atoms with van der Waals surface area (Å²) in [6, 6.07) is 9.13. The standard InChI is InChI=1S/C13H8F2O2/c14-10-5-11(15)7-13(6-10)17-12-3-1-9(8-16)2-4-12/h1-8H. The van der Waals surface area contributed by atoms with E-state index < -0.39 is 11.6 Å². The van der Waals surface area contributed by atoms with E-state index in [1.807, 2.05) is 0 Å². The Hall–Kier alpha value is -2.23. The Labute approximate surface area is 96.5 Å². The maximum absolute atomic E-state index is 12.9. The molecule has 2 rings (SSSR count). The summed E-state index contributed by atoms with van der Waals surface area (Å²) in [5, 5.41) is 0. The van der Waals surface area contributed by atoms with Crippen molar-refractivity contribution in [1.29, 1.82) is 0 Å². The molecule has 0 unspecified atom stereocenters. The topological polar surface area (TPSA) is 26.3 Å². The number of halogens is 2. The molecule has 0 heterocycles. The van der Waals surface area contributed by atoms with Gasteiger partial charge in [-0.15, -0.1) is 0 Å². The second-order valence-corrected chi connectivity index (χ2v) is 3.39. The summed E-state index contributed by atoms with van der Waals surface area (Å²) in [5.41, 5.74) is 0.503. The van der Waals surface area contributed by atoms with Crippen molar-refractivity contribution in [2.24, 2.45) is 0 Å². The number of carbonyl (C=O) groups excluding carboxylic acids is 1. The van der Waals surface area contributed by atoms with Gasteiger partial charge in [-0.2, -0.15) is 0 Å². The molecule has 86 valence electrons. The maximum atomic E-state index is 12.9. The molecule has 0 atom stereocenters. The van der Waals surface area contributed by atoms with Crippen LogP contribution in [-0.4, -0.2) is 6.29 Å². The molecule has 0 fully saturated rings. The number of hydrogen-bond acceptors (Lipinski definition) is 2. The van der Waals surface area contributed by atoms with E-state index in [0.717, 1.165) is 18.2 Å². The van der Waals surface area contributed by atoms with Gasteiger partial charge in [0.25, 0.3) is 0 Å². The molecule has 17 heavy (non-hydrogen) atoms. The molecule has 2 nitrogen and oxygen atoms in total. The third kappa shape index (κ3) is 2.87. The van der Waals surface area contributed by atoms with Crippen LogP contribution in [0.15, 0.2) is 42.5 Å². The molecule has 0 N–H and O–H groups in total. The van der Waals surface area contributed by atoms with Gasteiger partial charge in [0.15, 0.2) is 0 Å². The Morgan fingerprint density at radius 1 is 0.882 bits per heavy atom. The first-order valence-electron chi connectivity index (χ1n) is 4.86. The lowest BCUT2D eigenvalue weighted by Gasteiger charge is -2.05. The average molecular weight is 234 g/mol. The van der Waals surface area contributed by atoms with E-state index in [2.05, 4.69) is 0 Å². The van der Waals surface area contributed by atoms with Crippen LogP contribution in [0.3, 0.4) is 0 Å². The van der Waals surface area contributed by atoms with Crippen LogP contribution in [0.5, 0.6) is 11.5 Å². The fourth-order valence-electron chi connectivity index (χ4n) is 1.34. The summed E-state index contributed by atoms with van der Waals surface area (Å²) in [6.45, 7) is 0. The highest BCUT2D eigenvalue weighted by atomic mass is 19.1. The number of rotatable bonds is 3. The largest absolute Gasteiger partial charge is 0.457 e. The molecular weight excluding hydrogens is 226 g/mol. The molecule has 0 aromatic heterocycles. The third-order valence-corrected chi connectivity index (χ3v) is 2.09. The Kier molecular flexibility index (Phi) is 3.14. The first-order chi connectivity index (χ1) is 8.17. The molecule has 0 saturated carbocycles. The van der Waals surface area contributed by atoms with Crippen molar-refractivity contribution >= 4 is 6.29 Å². The van der Waals surface area contributed by atoms with Gasteiger partial charge in [0.1, 0.15) is 29.4 Å². The first kappa shape index (κ1) is 11.3. The Morgan fingerprint density at radius 2 is 1.47 bits per heavy atom. The second-order valence-electron chi connectivity index (χ2n) is 3.39. The zero-order valence-electron chi connectivity index (χ0n) is 8.69. The van der Waals surface area contributed by atoms with Gasteiger partial charge >= 0.3 is 0 Å². The van der Waals surface area contributed by atoms with E-state index in [0.29, 0.717) is 17.6 Å². The number of hydrogen-bond donors (Lipinski definition) is 0. The van der Waals surface area contributed by atoms with Crippen LogP contribution in [-0.2, 0) is 0 Å². The first-order valence-corrected chi connectivity index (χ1v) is 4.86. The summed E-state index contributed by atoms with van der Waals surface area (Å²) in [7, 11) is 0. The summed E-state index contributed by atoms with van der Waals surface area (Å²) in [5.74, 6) is -0.934. The summed E-state index contributed by atoms with van der Waals surface area (Å²) >= 11 is 0. The Balaban J connectivity index is 2.21. The number of benzene rings is 2. The molecule has 0 aliphatic rings. The minimum absolute atomic E-state index is 0.0707. The Morgan fingerprint density at radius 3 is 2.00 bits per heavy atom. The highest BCUT2D eigenvalue weighted by molar-refractivity contribution is 5.74. The van der Waals surface area contributed by atoms with Gasteiger partial charge < -0.3 is 4.74 Å². The summed E-state index contributed by atoms with van der Waals surface area (Å²) in [6.07, 6.45) is 0.700. The van der Waals surface area contributed by atoms with Crippen LogP contribution in [0.1, 0.15) is 10.4 Å². The van der Waals surface area contributed by atoms with Gasteiger partial charge in [-0.05, 0) is 24.3 Å². The van der Waals surface area contributed by atoms with Crippen molar-refractivity contribution in [1.82, 2.24) is 0 Å². The second kappa shape index (κ2) is 4.74. The van der Waals surface area contributed by atoms with Gasteiger partial charge in [-0.1, -0.05) is 0 Å². The van der Waals surface area contributed by atoms with Gasteiger partial charge in [-0.3, -0.25) is 4.79 Å². The molecule has 0 spiro atoms. The quantitative estimate of drug-likeness (QED) is 0.759. The maximum Gasteiger partial charge on any atom is 0.150 e. The number of aldehydes is 1.